The van der Waals surface area contributed by atoms with Crippen LogP contribution in [-0.2, 0) is 6.54 Å². The van der Waals surface area contributed by atoms with Crippen LogP contribution in [0.4, 0.5) is 5.69 Å². The van der Waals surface area contributed by atoms with Gasteiger partial charge in [-0.2, -0.15) is 0 Å². The lowest BCUT2D eigenvalue weighted by Crippen LogP contribution is -2.01. The number of halogens is 1. The predicted molar refractivity (Wildman–Crippen MR) is 84.7 cm³/mol. The first-order valence-electron chi connectivity index (χ1n) is 6.49. The number of phenolic OH excluding ortho intramolecular Hbond substituents is 1. The zero-order valence-electron chi connectivity index (χ0n) is 12.2. The molecule has 0 aliphatic carbocycles. The maximum Gasteiger partial charge on any atom is 0.200 e. The number of hydrogen-bond acceptors (Lipinski definition) is 4. The van der Waals surface area contributed by atoms with E-state index in [0.717, 1.165) is 16.8 Å². The molecule has 0 atom stereocenters. The molecule has 21 heavy (non-hydrogen) atoms. The first-order valence-corrected chi connectivity index (χ1v) is 6.87. The van der Waals surface area contributed by atoms with Crippen LogP contribution >= 0.6 is 11.6 Å². The quantitative estimate of drug-likeness (QED) is 0.877. The van der Waals surface area contributed by atoms with E-state index in [9.17, 15) is 5.11 Å². The number of aromatic hydroxyl groups is 1. The second-order valence-electron chi connectivity index (χ2n) is 4.69. The van der Waals surface area contributed by atoms with Crippen molar-refractivity contribution in [2.24, 2.45) is 0 Å². The van der Waals surface area contributed by atoms with Crippen LogP contribution in [0.5, 0.6) is 17.2 Å². The minimum absolute atomic E-state index is 0.00246. The molecule has 112 valence electrons. The molecule has 0 saturated carbocycles. The minimum Gasteiger partial charge on any atom is -0.502 e. The average molecular weight is 308 g/mol. The number of anilines is 1. The van der Waals surface area contributed by atoms with E-state index in [2.05, 4.69) is 5.32 Å². The highest BCUT2D eigenvalue weighted by Crippen LogP contribution is 2.37. The molecule has 0 unspecified atom stereocenters. The molecule has 2 aromatic rings. The SMILES string of the molecule is COc1cc(CNc2cc(C)ccc2Cl)cc(OC)c1O. The lowest BCUT2D eigenvalue weighted by Gasteiger charge is -2.13. The van der Waals surface area contributed by atoms with E-state index in [4.69, 9.17) is 21.1 Å². The Morgan fingerprint density at radius 1 is 1.10 bits per heavy atom. The zero-order chi connectivity index (χ0) is 15.4. The molecule has 0 aromatic heterocycles. The van der Waals surface area contributed by atoms with Crippen molar-refractivity contribution in [2.75, 3.05) is 19.5 Å². The van der Waals surface area contributed by atoms with Crippen molar-refractivity contribution in [2.45, 2.75) is 13.5 Å². The van der Waals surface area contributed by atoms with Gasteiger partial charge in [-0.25, -0.2) is 0 Å². The number of aryl methyl sites for hydroxylation is 1. The van der Waals surface area contributed by atoms with Crippen LogP contribution in [0.1, 0.15) is 11.1 Å². The second-order valence-corrected chi connectivity index (χ2v) is 5.09. The van der Waals surface area contributed by atoms with Gasteiger partial charge in [0.1, 0.15) is 0 Å². The van der Waals surface area contributed by atoms with E-state index in [0.29, 0.717) is 23.1 Å². The third-order valence-electron chi connectivity index (χ3n) is 3.14. The molecule has 0 amide bonds. The number of rotatable bonds is 5. The maximum absolute atomic E-state index is 9.89. The molecule has 0 aliphatic heterocycles. The first kappa shape index (κ1) is 15.3. The molecule has 2 aromatic carbocycles. The fourth-order valence-corrected chi connectivity index (χ4v) is 2.21. The Kier molecular flexibility index (Phi) is 4.81. The summed E-state index contributed by atoms with van der Waals surface area (Å²) in [6.45, 7) is 2.55. The van der Waals surface area contributed by atoms with Gasteiger partial charge in [-0.05, 0) is 42.3 Å². The summed E-state index contributed by atoms with van der Waals surface area (Å²) in [5, 5.41) is 13.8. The van der Waals surface area contributed by atoms with Gasteiger partial charge >= 0.3 is 0 Å². The normalized spacial score (nSPS) is 10.3. The summed E-state index contributed by atoms with van der Waals surface area (Å²) in [5.41, 5.74) is 2.91. The fourth-order valence-electron chi connectivity index (χ4n) is 2.02. The van der Waals surface area contributed by atoms with Gasteiger partial charge in [-0.3, -0.25) is 0 Å². The first-order chi connectivity index (χ1) is 10.0. The van der Waals surface area contributed by atoms with Gasteiger partial charge < -0.3 is 19.9 Å². The Labute approximate surface area is 129 Å². The van der Waals surface area contributed by atoms with Crippen molar-refractivity contribution in [3.8, 4) is 17.2 Å². The summed E-state index contributed by atoms with van der Waals surface area (Å²) < 4.78 is 10.3. The molecule has 2 rings (SSSR count). The minimum atomic E-state index is -0.00246. The highest BCUT2D eigenvalue weighted by molar-refractivity contribution is 6.33. The number of ether oxygens (including phenoxy) is 2. The Hall–Kier alpha value is -2.07. The summed E-state index contributed by atoms with van der Waals surface area (Å²) in [6, 6.07) is 9.32. The van der Waals surface area contributed by atoms with Crippen LogP contribution in [-0.4, -0.2) is 19.3 Å². The molecule has 0 saturated heterocycles. The van der Waals surface area contributed by atoms with E-state index in [1.807, 2.05) is 25.1 Å². The van der Waals surface area contributed by atoms with Crippen LogP contribution in [0.3, 0.4) is 0 Å². The van der Waals surface area contributed by atoms with Gasteiger partial charge in [-0.15, -0.1) is 0 Å². The summed E-state index contributed by atoms with van der Waals surface area (Å²) in [7, 11) is 3.01. The Balaban J connectivity index is 2.22. The molecule has 0 spiro atoms. The van der Waals surface area contributed by atoms with Crippen LogP contribution in [0.2, 0.25) is 5.02 Å². The molecule has 0 heterocycles. The largest absolute Gasteiger partial charge is 0.502 e. The Bertz CT molecular complexity index is 618. The van der Waals surface area contributed by atoms with Gasteiger partial charge in [0.05, 0.1) is 24.9 Å². The lowest BCUT2D eigenvalue weighted by molar-refractivity contribution is 0.339. The van der Waals surface area contributed by atoms with E-state index >= 15 is 0 Å². The van der Waals surface area contributed by atoms with Crippen LogP contribution in [0, 0.1) is 6.92 Å². The monoisotopic (exact) mass is 307 g/mol. The van der Waals surface area contributed by atoms with Gasteiger partial charge in [0.15, 0.2) is 11.5 Å². The maximum atomic E-state index is 9.89. The van der Waals surface area contributed by atoms with Crippen molar-refractivity contribution in [1.82, 2.24) is 0 Å². The van der Waals surface area contributed by atoms with Crippen molar-refractivity contribution in [1.29, 1.82) is 0 Å². The van der Waals surface area contributed by atoms with Crippen LogP contribution < -0.4 is 14.8 Å². The number of nitrogens with one attached hydrogen (secondary N) is 1. The highest BCUT2D eigenvalue weighted by atomic mass is 35.5. The third kappa shape index (κ3) is 3.52. The van der Waals surface area contributed by atoms with E-state index < -0.39 is 0 Å². The van der Waals surface area contributed by atoms with Gasteiger partial charge in [0, 0.05) is 6.54 Å². The van der Waals surface area contributed by atoms with Crippen molar-refractivity contribution in [3.63, 3.8) is 0 Å². The summed E-state index contributed by atoms with van der Waals surface area (Å²) in [5.74, 6) is 0.750. The van der Waals surface area contributed by atoms with Crippen molar-refractivity contribution >= 4 is 17.3 Å². The molecule has 0 bridgehead atoms. The van der Waals surface area contributed by atoms with Crippen LogP contribution in [0.25, 0.3) is 0 Å². The number of phenols is 1. The molecular weight excluding hydrogens is 290 g/mol. The van der Waals surface area contributed by atoms with E-state index in [1.54, 1.807) is 12.1 Å². The summed E-state index contributed by atoms with van der Waals surface area (Å²) in [6.07, 6.45) is 0. The highest BCUT2D eigenvalue weighted by Gasteiger charge is 2.11. The van der Waals surface area contributed by atoms with Crippen molar-refractivity contribution in [3.05, 3.63) is 46.5 Å². The molecule has 2 N–H and O–H groups in total. The standard InChI is InChI=1S/C16H18ClNO3/c1-10-4-5-12(17)13(6-10)18-9-11-7-14(20-2)16(19)15(8-11)21-3/h4-8,18-19H,9H2,1-3H3. The smallest absolute Gasteiger partial charge is 0.200 e. The van der Waals surface area contributed by atoms with Gasteiger partial charge in [0.2, 0.25) is 5.75 Å². The molecule has 0 fully saturated rings. The molecule has 5 heteroatoms. The topological polar surface area (TPSA) is 50.7 Å². The molecule has 0 aliphatic rings. The molecule has 4 nitrogen and oxygen atoms in total. The molecular formula is C16H18ClNO3. The third-order valence-corrected chi connectivity index (χ3v) is 3.47. The zero-order valence-corrected chi connectivity index (χ0v) is 13.0. The van der Waals surface area contributed by atoms with Crippen molar-refractivity contribution < 1.29 is 14.6 Å². The van der Waals surface area contributed by atoms with Gasteiger partial charge in [-0.1, -0.05) is 17.7 Å². The van der Waals surface area contributed by atoms with E-state index in [1.165, 1.54) is 14.2 Å². The number of hydrogen-bond donors (Lipinski definition) is 2. The van der Waals surface area contributed by atoms with Crippen LogP contribution in [0.15, 0.2) is 30.3 Å². The number of benzene rings is 2. The Morgan fingerprint density at radius 2 is 1.71 bits per heavy atom. The molecule has 0 radical (unpaired) electrons. The summed E-state index contributed by atoms with van der Waals surface area (Å²) >= 11 is 6.15. The summed E-state index contributed by atoms with van der Waals surface area (Å²) in [4.78, 5) is 0. The average Bonchev–Trinajstić information content (AvgIpc) is 2.49. The lowest BCUT2D eigenvalue weighted by atomic mass is 10.1. The Morgan fingerprint density at radius 3 is 2.29 bits per heavy atom. The van der Waals surface area contributed by atoms with Gasteiger partial charge in [0.25, 0.3) is 0 Å². The predicted octanol–water partition coefficient (Wildman–Crippen LogP) is 3.98. The fraction of sp³-hybridized carbons (Fsp3) is 0.250. The number of methoxy groups -OCH3 is 2. The van der Waals surface area contributed by atoms with E-state index in [-0.39, 0.29) is 5.75 Å². The second kappa shape index (κ2) is 6.59.